The van der Waals surface area contributed by atoms with E-state index in [1.54, 1.807) is 33.1 Å². The summed E-state index contributed by atoms with van der Waals surface area (Å²) in [6.45, 7) is 4.27. The van der Waals surface area contributed by atoms with Gasteiger partial charge in [0.05, 0.1) is 38.3 Å². The second-order valence-electron chi connectivity index (χ2n) is 9.60. The summed E-state index contributed by atoms with van der Waals surface area (Å²) in [5.41, 5.74) is 0.496. The molecule has 2 saturated heterocycles. The summed E-state index contributed by atoms with van der Waals surface area (Å²) in [7, 11) is 1.54. The Kier molecular flexibility index (Phi) is 9.74. The molecule has 0 bridgehead atoms. The van der Waals surface area contributed by atoms with E-state index in [0.717, 1.165) is 38.5 Å². The number of aliphatic hydroxyl groups excluding tert-OH is 1. The summed E-state index contributed by atoms with van der Waals surface area (Å²) in [6, 6.07) is 3.47. The molecule has 2 aliphatic heterocycles. The Hall–Kier alpha value is -1.85. The molecule has 0 amide bonds. The Labute approximate surface area is 223 Å². The molecule has 2 aliphatic rings. The molecular weight excluding hydrogens is 500 g/mol. The summed E-state index contributed by atoms with van der Waals surface area (Å²) in [4.78, 5) is 9.29. The third kappa shape index (κ3) is 6.60. The van der Waals surface area contributed by atoms with Crippen molar-refractivity contribution in [3.05, 3.63) is 51.1 Å². The van der Waals surface area contributed by atoms with Gasteiger partial charge in [-0.1, -0.05) is 11.6 Å². The van der Waals surface area contributed by atoms with Crippen molar-refractivity contribution in [3.8, 4) is 5.75 Å². The average Bonchev–Trinajstić information content (AvgIpc) is 2.91. The molecule has 2 aromatic heterocycles. The Morgan fingerprint density at radius 2 is 1.46 bits per heavy atom. The Balaban J connectivity index is 1.74. The molecule has 0 radical (unpaired) electrons. The third-order valence-corrected chi connectivity index (χ3v) is 7.08. The summed E-state index contributed by atoms with van der Waals surface area (Å²) >= 11 is 6.66. The lowest BCUT2D eigenvalue weighted by Gasteiger charge is -2.32. The van der Waals surface area contributed by atoms with Gasteiger partial charge in [-0.05, 0) is 58.4 Å². The first-order chi connectivity index (χ1) is 17.9. The molecule has 3 unspecified atom stereocenters. The molecule has 0 spiro atoms. The van der Waals surface area contributed by atoms with Crippen LogP contribution in [0.2, 0.25) is 5.02 Å². The zero-order valence-electron chi connectivity index (χ0n) is 21.8. The highest BCUT2D eigenvalue weighted by atomic mass is 35.5. The number of methoxy groups -OCH3 is 1. The Bertz CT molecular complexity index is 1060. The summed E-state index contributed by atoms with van der Waals surface area (Å²) in [5.74, 6) is 0.484. The van der Waals surface area contributed by atoms with Crippen molar-refractivity contribution in [2.24, 2.45) is 0 Å². The molecule has 0 aliphatic carbocycles. The maximum atomic E-state index is 12.1. The molecule has 9 nitrogen and oxygen atoms in total. The minimum absolute atomic E-state index is 0.0547. The van der Waals surface area contributed by atoms with E-state index in [9.17, 15) is 10.2 Å². The lowest BCUT2D eigenvalue weighted by Crippen LogP contribution is -2.37. The number of nitrogens with zero attached hydrogens (tertiary/aromatic N) is 2. The lowest BCUT2D eigenvalue weighted by atomic mass is 9.88. The minimum atomic E-state index is -2.01. The topological polar surface area (TPSA) is 112 Å². The number of halogens is 1. The van der Waals surface area contributed by atoms with Gasteiger partial charge >= 0.3 is 0 Å². The number of ether oxygens (including phenoxy) is 5. The molecule has 2 aromatic rings. The number of hydrogen-bond acceptors (Lipinski definition) is 9. The van der Waals surface area contributed by atoms with Gasteiger partial charge in [0.1, 0.15) is 5.75 Å². The molecule has 2 fully saturated rings. The van der Waals surface area contributed by atoms with E-state index in [0.29, 0.717) is 46.5 Å². The fourth-order valence-corrected chi connectivity index (χ4v) is 5.07. The highest BCUT2D eigenvalue weighted by molar-refractivity contribution is 6.31. The molecule has 4 heterocycles. The predicted octanol–water partition coefficient (Wildman–Crippen LogP) is 4.07. The van der Waals surface area contributed by atoms with Gasteiger partial charge in [-0.3, -0.25) is 9.97 Å². The fourth-order valence-electron chi connectivity index (χ4n) is 4.77. The molecule has 4 rings (SSSR count). The minimum Gasteiger partial charge on any atom is -0.496 e. The van der Waals surface area contributed by atoms with E-state index >= 15 is 0 Å². The van der Waals surface area contributed by atoms with E-state index in [2.05, 4.69) is 9.97 Å². The van der Waals surface area contributed by atoms with Gasteiger partial charge in [0.2, 0.25) is 0 Å². The van der Waals surface area contributed by atoms with Crippen LogP contribution in [0.25, 0.3) is 0 Å². The van der Waals surface area contributed by atoms with Crippen molar-refractivity contribution < 1.29 is 33.9 Å². The van der Waals surface area contributed by atoms with Gasteiger partial charge < -0.3 is 33.9 Å². The van der Waals surface area contributed by atoms with Gasteiger partial charge in [0.15, 0.2) is 18.2 Å². The van der Waals surface area contributed by atoms with Gasteiger partial charge in [0.25, 0.3) is 0 Å². The molecular formula is C27H37ClN2O7. The van der Waals surface area contributed by atoms with Crippen molar-refractivity contribution >= 4 is 11.6 Å². The maximum absolute atomic E-state index is 12.1. The number of pyridine rings is 2. The molecule has 10 heteroatoms. The van der Waals surface area contributed by atoms with Crippen molar-refractivity contribution in [1.82, 2.24) is 9.97 Å². The first kappa shape index (κ1) is 28.2. The van der Waals surface area contributed by atoms with Crippen LogP contribution in [0.3, 0.4) is 0 Å². The van der Waals surface area contributed by atoms with Gasteiger partial charge in [-0.15, -0.1) is 0 Å². The van der Waals surface area contributed by atoms with E-state index in [1.807, 2.05) is 0 Å². The first-order valence-electron chi connectivity index (χ1n) is 12.9. The van der Waals surface area contributed by atoms with Crippen LogP contribution in [0.4, 0.5) is 0 Å². The largest absolute Gasteiger partial charge is 0.496 e. The van der Waals surface area contributed by atoms with Crippen molar-refractivity contribution in [1.29, 1.82) is 0 Å². The van der Waals surface area contributed by atoms with Crippen LogP contribution in [-0.4, -0.2) is 59.7 Å². The highest BCUT2D eigenvalue weighted by Crippen LogP contribution is 2.38. The number of hydrogen-bond donors (Lipinski definition) is 2. The molecule has 3 atom stereocenters. The maximum Gasteiger partial charge on any atom is 0.172 e. The molecule has 0 aromatic carbocycles. The standard InChI is InChI=1S/C27H37ClN2O7/c1-17-12-21(28)19(14-36-23-8-4-6-10-34-23)25(29-17)27(32,16-31)26-20(22(33-3)13-18(2)30-26)15-37-24-9-5-7-11-35-24/h12-13,23-24,31-32H,4-11,14-16H2,1-3H3. The van der Waals surface area contributed by atoms with Crippen molar-refractivity contribution in [3.63, 3.8) is 0 Å². The average molecular weight is 537 g/mol. The van der Waals surface area contributed by atoms with Crippen LogP contribution in [-0.2, 0) is 37.8 Å². The normalized spacial score (nSPS) is 22.0. The molecule has 0 saturated carbocycles. The molecule has 2 N–H and O–H groups in total. The van der Waals surface area contributed by atoms with Gasteiger partial charge in [0, 0.05) is 46.8 Å². The van der Waals surface area contributed by atoms with E-state index in [4.69, 9.17) is 35.3 Å². The van der Waals surface area contributed by atoms with E-state index < -0.39 is 12.2 Å². The fraction of sp³-hybridized carbons (Fsp3) is 0.630. The summed E-state index contributed by atoms with van der Waals surface area (Å²) in [5, 5.41) is 23.2. The van der Waals surface area contributed by atoms with Crippen LogP contribution in [0.15, 0.2) is 12.1 Å². The van der Waals surface area contributed by atoms with Crippen LogP contribution >= 0.6 is 11.6 Å². The van der Waals surface area contributed by atoms with Crippen molar-refractivity contribution in [2.45, 2.75) is 83.8 Å². The van der Waals surface area contributed by atoms with Gasteiger partial charge in [-0.25, -0.2) is 0 Å². The number of aromatic nitrogens is 2. The van der Waals surface area contributed by atoms with Crippen LogP contribution in [0, 0.1) is 13.8 Å². The first-order valence-corrected chi connectivity index (χ1v) is 13.2. The van der Waals surface area contributed by atoms with E-state index in [1.165, 1.54) is 0 Å². The number of aryl methyl sites for hydroxylation is 2. The number of aliphatic hydroxyl groups is 2. The van der Waals surface area contributed by atoms with Gasteiger partial charge in [-0.2, -0.15) is 0 Å². The van der Waals surface area contributed by atoms with Crippen molar-refractivity contribution in [2.75, 3.05) is 26.9 Å². The van der Waals surface area contributed by atoms with Crippen LogP contribution in [0.1, 0.15) is 72.4 Å². The Morgan fingerprint density at radius 1 is 0.919 bits per heavy atom. The van der Waals surface area contributed by atoms with Crippen LogP contribution < -0.4 is 4.74 Å². The Morgan fingerprint density at radius 3 is 1.97 bits per heavy atom. The predicted molar refractivity (Wildman–Crippen MR) is 136 cm³/mol. The second kappa shape index (κ2) is 12.8. The summed E-state index contributed by atoms with van der Waals surface area (Å²) in [6.07, 6.45) is 4.86. The zero-order chi connectivity index (χ0) is 26.4. The van der Waals surface area contributed by atoms with Crippen LogP contribution in [0.5, 0.6) is 5.75 Å². The summed E-state index contributed by atoms with van der Waals surface area (Å²) < 4.78 is 29.1. The molecule has 204 valence electrons. The second-order valence-corrected chi connectivity index (χ2v) is 10.0. The zero-order valence-corrected chi connectivity index (χ0v) is 22.6. The van der Waals surface area contributed by atoms with E-state index in [-0.39, 0.29) is 37.2 Å². The monoisotopic (exact) mass is 536 g/mol. The SMILES string of the molecule is COc1cc(C)nc(C(O)(CO)c2nc(C)cc(Cl)c2COC2CCCCO2)c1COC1CCCCO1. The quantitative estimate of drug-likeness (QED) is 0.464. The lowest BCUT2D eigenvalue weighted by molar-refractivity contribution is -0.169. The smallest absolute Gasteiger partial charge is 0.172 e. The molecule has 37 heavy (non-hydrogen) atoms. The highest BCUT2D eigenvalue weighted by Gasteiger charge is 2.41. The third-order valence-electron chi connectivity index (χ3n) is 6.74. The number of rotatable bonds is 10.